The van der Waals surface area contributed by atoms with Gasteiger partial charge in [0, 0.05) is 19.0 Å². The van der Waals surface area contributed by atoms with Gasteiger partial charge in [-0.2, -0.15) is 0 Å². The Hall–Kier alpha value is -3.44. The molecule has 0 unspecified atom stereocenters. The lowest BCUT2D eigenvalue weighted by Gasteiger charge is -2.38. The first kappa shape index (κ1) is 24.3. The minimum atomic E-state index is -0.927. The number of amides is 1. The van der Waals surface area contributed by atoms with E-state index in [-0.39, 0.29) is 16.9 Å². The molecule has 0 aliphatic carbocycles. The molecule has 36 heavy (non-hydrogen) atoms. The van der Waals surface area contributed by atoms with E-state index < -0.39 is 5.97 Å². The largest absolute Gasteiger partial charge is 0.478 e. The van der Waals surface area contributed by atoms with Gasteiger partial charge in [0.15, 0.2) is 0 Å². The van der Waals surface area contributed by atoms with Crippen LogP contribution in [0.15, 0.2) is 84.9 Å². The monoisotopic (exact) mass is 482 g/mol. The molecule has 0 bridgehead atoms. The lowest BCUT2D eigenvalue weighted by Crippen LogP contribution is -2.45. The zero-order valence-electron chi connectivity index (χ0n) is 20.7. The van der Waals surface area contributed by atoms with Crippen molar-refractivity contribution in [3.05, 3.63) is 107 Å². The van der Waals surface area contributed by atoms with Gasteiger partial charge in [0.1, 0.15) is 0 Å². The van der Waals surface area contributed by atoms with Gasteiger partial charge < -0.3 is 14.9 Å². The lowest BCUT2D eigenvalue weighted by molar-refractivity contribution is -0.138. The van der Waals surface area contributed by atoms with Gasteiger partial charge in [-0.3, -0.25) is 4.79 Å². The summed E-state index contributed by atoms with van der Waals surface area (Å²) in [7, 11) is 0. The van der Waals surface area contributed by atoms with Crippen molar-refractivity contribution in [3.8, 4) is 0 Å². The highest BCUT2D eigenvalue weighted by Gasteiger charge is 2.47. The van der Waals surface area contributed by atoms with Gasteiger partial charge in [0.25, 0.3) is 0 Å². The molecule has 2 fully saturated rings. The van der Waals surface area contributed by atoms with Gasteiger partial charge in [-0.1, -0.05) is 72.8 Å². The molecule has 186 valence electrons. The van der Waals surface area contributed by atoms with Crippen LogP contribution in [0.2, 0.25) is 0 Å². The molecule has 3 aromatic rings. The molecule has 0 aromatic heterocycles. The molecule has 1 amide bonds. The van der Waals surface area contributed by atoms with E-state index >= 15 is 0 Å². The Morgan fingerprint density at radius 3 is 1.92 bits per heavy atom. The summed E-state index contributed by atoms with van der Waals surface area (Å²) in [4.78, 5) is 29.0. The first-order chi connectivity index (χ1) is 17.5. The van der Waals surface area contributed by atoms with Crippen molar-refractivity contribution >= 4 is 11.9 Å². The van der Waals surface area contributed by atoms with Crippen LogP contribution in [0.5, 0.6) is 0 Å². The number of hydrogen-bond donors (Lipinski definition) is 1. The zero-order valence-corrected chi connectivity index (χ0v) is 20.7. The standard InChI is InChI=1S/C31H34N2O3/c34-29(35)27-13-11-24(12-14-27)23-33-22-18-31(30(33)36)16-20-32(21-17-31)19-15-28(25-7-3-1-4-8-25)26-9-5-2-6-10-26/h1-14,28H,15-23H2,(H,34,35). The summed E-state index contributed by atoms with van der Waals surface area (Å²) in [5.41, 5.74) is 3.74. The smallest absolute Gasteiger partial charge is 0.335 e. The Kier molecular flexibility index (Phi) is 7.19. The Labute approximate surface area is 213 Å². The van der Waals surface area contributed by atoms with Crippen LogP contribution in [0.1, 0.15) is 58.6 Å². The second kappa shape index (κ2) is 10.7. The molecule has 1 spiro atoms. The zero-order chi connectivity index (χ0) is 25.0. The minimum absolute atomic E-state index is 0.226. The molecule has 0 saturated carbocycles. The van der Waals surface area contributed by atoms with Gasteiger partial charge >= 0.3 is 5.97 Å². The van der Waals surface area contributed by atoms with Gasteiger partial charge in [-0.05, 0) is 74.1 Å². The number of likely N-dealkylation sites (tertiary alicyclic amines) is 2. The van der Waals surface area contributed by atoms with Crippen molar-refractivity contribution in [1.82, 2.24) is 9.80 Å². The van der Waals surface area contributed by atoms with E-state index in [0.717, 1.165) is 57.4 Å². The molecular weight excluding hydrogens is 448 g/mol. The van der Waals surface area contributed by atoms with Gasteiger partial charge in [0.05, 0.1) is 11.0 Å². The molecule has 3 aromatic carbocycles. The van der Waals surface area contributed by atoms with Gasteiger partial charge in [-0.25, -0.2) is 4.79 Å². The average Bonchev–Trinajstić information content (AvgIpc) is 3.21. The van der Waals surface area contributed by atoms with Crippen LogP contribution >= 0.6 is 0 Å². The topological polar surface area (TPSA) is 60.9 Å². The van der Waals surface area contributed by atoms with Crippen molar-refractivity contribution in [2.75, 3.05) is 26.2 Å². The maximum absolute atomic E-state index is 13.4. The Balaban J connectivity index is 1.17. The van der Waals surface area contributed by atoms with Gasteiger partial charge in [0.2, 0.25) is 5.91 Å². The van der Waals surface area contributed by atoms with Crippen LogP contribution in [-0.4, -0.2) is 53.0 Å². The van der Waals surface area contributed by atoms with E-state index in [1.165, 1.54) is 11.1 Å². The molecule has 5 nitrogen and oxygen atoms in total. The van der Waals surface area contributed by atoms with E-state index in [1.807, 2.05) is 17.0 Å². The van der Waals surface area contributed by atoms with E-state index in [2.05, 4.69) is 65.6 Å². The number of carbonyl (C=O) groups excluding carboxylic acids is 1. The molecule has 2 heterocycles. The van der Waals surface area contributed by atoms with Crippen LogP contribution in [0.3, 0.4) is 0 Å². The van der Waals surface area contributed by atoms with E-state index in [1.54, 1.807) is 12.1 Å². The Morgan fingerprint density at radius 1 is 0.806 bits per heavy atom. The second-order valence-corrected chi connectivity index (χ2v) is 10.3. The maximum atomic E-state index is 13.4. The maximum Gasteiger partial charge on any atom is 0.335 e. The number of aromatic carboxylic acids is 1. The predicted molar refractivity (Wildman–Crippen MR) is 141 cm³/mol. The normalized spacial score (nSPS) is 17.7. The number of carboxylic acid groups (broad SMARTS) is 1. The average molecular weight is 483 g/mol. The molecule has 1 N–H and O–H groups in total. The molecule has 2 saturated heterocycles. The van der Waals surface area contributed by atoms with E-state index in [0.29, 0.717) is 12.5 Å². The summed E-state index contributed by atoms with van der Waals surface area (Å²) < 4.78 is 0. The quantitative estimate of drug-likeness (QED) is 0.466. The van der Waals surface area contributed by atoms with Crippen LogP contribution < -0.4 is 0 Å². The highest BCUT2D eigenvalue weighted by Crippen LogP contribution is 2.42. The summed E-state index contributed by atoms with van der Waals surface area (Å²) >= 11 is 0. The summed E-state index contributed by atoms with van der Waals surface area (Å²) in [5, 5.41) is 9.11. The number of hydrogen-bond acceptors (Lipinski definition) is 3. The minimum Gasteiger partial charge on any atom is -0.478 e. The molecule has 5 rings (SSSR count). The molecule has 5 heteroatoms. The summed E-state index contributed by atoms with van der Waals surface area (Å²) in [5.74, 6) is -0.279. The molecule has 2 aliphatic heterocycles. The molecule has 2 aliphatic rings. The number of piperidine rings is 1. The SMILES string of the molecule is O=C(O)c1ccc(CN2CCC3(CCN(CCC(c4ccccc4)c4ccccc4)CC3)C2=O)cc1. The van der Waals surface area contributed by atoms with Crippen LogP contribution in [-0.2, 0) is 11.3 Å². The van der Waals surface area contributed by atoms with Crippen molar-refractivity contribution in [2.45, 2.75) is 38.1 Å². The highest BCUT2D eigenvalue weighted by atomic mass is 16.4. The molecular formula is C31H34N2O3. The molecule has 0 atom stereocenters. The number of nitrogens with zero attached hydrogens (tertiary/aromatic N) is 2. The van der Waals surface area contributed by atoms with Crippen molar-refractivity contribution in [3.63, 3.8) is 0 Å². The number of benzene rings is 3. The second-order valence-electron chi connectivity index (χ2n) is 10.3. The van der Waals surface area contributed by atoms with Crippen molar-refractivity contribution in [1.29, 1.82) is 0 Å². The number of carbonyl (C=O) groups is 2. The van der Waals surface area contributed by atoms with Crippen molar-refractivity contribution in [2.24, 2.45) is 5.41 Å². The van der Waals surface area contributed by atoms with Crippen LogP contribution in [0.25, 0.3) is 0 Å². The summed E-state index contributed by atoms with van der Waals surface area (Å²) in [6.45, 7) is 4.29. The van der Waals surface area contributed by atoms with Crippen molar-refractivity contribution < 1.29 is 14.7 Å². The lowest BCUT2D eigenvalue weighted by atomic mass is 9.77. The third kappa shape index (κ3) is 5.21. The highest BCUT2D eigenvalue weighted by molar-refractivity contribution is 5.87. The van der Waals surface area contributed by atoms with Crippen LogP contribution in [0.4, 0.5) is 0 Å². The fourth-order valence-electron chi connectivity index (χ4n) is 5.89. The first-order valence-electron chi connectivity index (χ1n) is 13.0. The Morgan fingerprint density at radius 2 is 1.36 bits per heavy atom. The predicted octanol–water partition coefficient (Wildman–Crippen LogP) is 5.42. The van der Waals surface area contributed by atoms with E-state index in [9.17, 15) is 9.59 Å². The third-order valence-corrected chi connectivity index (χ3v) is 8.13. The molecule has 0 radical (unpaired) electrons. The first-order valence-corrected chi connectivity index (χ1v) is 13.0. The third-order valence-electron chi connectivity index (χ3n) is 8.13. The van der Waals surface area contributed by atoms with Crippen LogP contribution in [0, 0.1) is 5.41 Å². The summed E-state index contributed by atoms with van der Waals surface area (Å²) in [6, 6.07) is 28.4. The summed E-state index contributed by atoms with van der Waals surface area (Å²) in [6.07, 6.45) is 3.82. The fourth-order valence-corrected chi connectivity index (χ4v) is 5.89. The van der Waals surface area contributed by atoms with E-state index in [4.69, 9.17) is 5.11 Å². The number of carboxylic acids is 1. The Bertz CT molecular complexity index is 1130. The fraction of sp³-hybridized carbons (Fsp3) is 0.355. The van der Waals surface area contributed by atoms with Gasteiger partial charge in [-0.15, -0.1) is 0 Å². The number of rotatable bonds is 8.